The number of nitrogens with two attached hydrogens (primary N) is 1. The average molecular weight is 221 g/mol. The van der Waals surface area contributed by atoms with Crippen LogP contribution >= 0.6 is 0 Å². The van der Waals surface area contributed by atoms with Crippen molar-refractivity contribution in [2.45, 2.75) is 20.4 Å². The van der Waals surface area contributed by atoms with Gasteiger partial charge in [0.15, 0.2) is 5.65 Å². The van der Waals surface area contributed by atoms with Crippen LogP contribution in [0, 0.1) is 6.92 Å². The SMILES string of the molecule is CCn1nc(C)c(=O)c2c(=O)[nH]c(N)nc21. The van der Waals surface area contributed by atoms with E-state index in [-0.39, 0.29) is 22.7 Å². The Labute approximate surface area is 89.9 Å². The Kier molecular flexibility index (Phi) is 2.22. The zero-order valence-electron chi connectivity index (χ0n) is 8.94. The van der Waals surface area contributed by atoms with Gasteiger partial charge in [0.05, 0.1) is 0 Å². The molecule has 3 N–H and O–H groups in total. The lowest BCUT2D eigenvalue weighted by Gasteiger charge is -2.06. The van der Waals surface area contributed by atoms with Crippen LogP contribution in [-0.4, -0.2) is 19.7 Å². The lowest BCUT2D eigenvalue weighted by molar-refractivity contribution is 0.648. The highest BCUT2D eigenvalue weighted by molar-refractivity contribution is 5.74. The van der Waals surface area contributed by atoms with E-state index in [1.165, 1.54) is 4.68 Å². The quantitative estimate of drug-likeness (QED) is 0.668. The number of fused-ring (bicyclic) bond motifs is 1. The third-order valence-electron chi connectivity index (χ3n) is 2.29. The molecular weight excluding hydrogens is 210 g/mol. The number of aromatic amines is 1. The topological polar surface area (TPSA) is 107 Å². The van der Waals surface area contributed by atoms with Crippen LogP contribution in [0.2, 0.25) is 0 Å². The van der Waals surface area contributed by atoms with E-state index in [4.69, 9.17) is 5.73 Å². The van der Waals surface area contributed by atoms with Crippen LogP contribution in [0.5, 0.6) is 0 Å². The number of H-pyrrole nitrogens is 1. The van der Waals surface area contributed by atoms with Gasteiger partial charge in [0.2, 0.25) is 11.4 Å². The van der Waals surface area contributed by atoms with Crippen molar-refractivity contribution in [1.29, 1.82) is 0 Å². The summed E-state index contributed by atoms with van der Waals surface area (Å²) in [5, 5.41) is 4.04. The van der Waals surface area contributed by atoms with E-state index in [1.54, 1.807) is 6.92 Å². The van der Waals surface area contributed by atoms with Crippen molar-refractivity contribution in [3.05, 3.63) is 26.3 Å². The van der Waals surface area contributed by atoms with Crippen LogP contribution in [0.3, 0.4) is 0 Å². The Morgan fingerprint density at radius 1 is 1.44 bits per heavy atom. The molecule has 2 heterocycles. The number of hydrogen-bond acceptors (Lipinski definition) is 5. The summed E-state index contributed by atoms with van der Waals surface area (Å²) in [4.78, 5) is 29.6. The van der Waals surface area contributed by atoms with Crippen molar-refractivity contribution in [2.75, 3.05) is 5.73 Å². The van der Waals surface area contributed by atoms with Gasteiger partial charge in [-0.2, -0.15) is 10.1 Å². The molecule has 16 heavy (non-hydrogen) atoms. The number of aromatic nitrogens is 4. The van der Waals surface area contributed by atoms with Gasteiger partial charge in [0.1, 0.15) is 11.1 Å². The van der Waals surface area contributed by atoms with Gasteiger partial charge in [0.25, 0.3) is 5.56 Å². The monoisotopic (exact) mass is 221 g/mol. The van der Waals surface area contributed by atoms with E-state index in [2.05, 4.69) is 15.1 Å². The zero-order chi connectivity index (χ0) is 11.9. The standard InChI is InChI=1S/C9H11N5O2/c1-3-14-7-5(6(15)4(2)13-14)8(16)12-9(10)11-7/h3H2,1-2H3,(H3,10,11,12,16). The number of aryl methyl sites for hydroxylation is 2. The summed E-state index contributed by atoms with van der Waals surface area (Å²) in [5.74, 6) is -0.0234. The van der Waals surface area contributed by atoms with E-state index in [0.29, 0.717) is 6.54 Å². The van der Waals surface area contributed by atoms with Gasteiger partial charge < -0.3 is 5.73 Å². The highest BCUT2D eigenvalue weighted by Crippen LogP contribution is 2.03. The molecule has 0 radical (unpaired) electrons. The molecule has 2 aromatic rings. The van der Waals surface area contributed by atoms with Gasteiger partial charge >= 0.3 is 0 Å². The fraction of sp³-hybridized carbons (Fsp3) is 0.333. The van der Waals surface area contributed by atoms with Crippen molar-refractivity contribution in [2.24, 2.45) is 0 Å². The largest absolute Gasteiger partial charge is 0.369 e. The van der Waals surface area contributed by atoms with Crippen molar-refractivity contribution >= 4 is 17.0 Å². The van der Waals surface area contributed by atoms with Crippen LogP contribution in [0.15, 0.2) is 9.59 Å². The first-order chi connectivity index (χ1) is 7.54. The summed E-state index contributed by atoms with van der Waals surface area (Å²) in [5.41, 5.74) is 4.98. The molecule has 0 saturated carbocycles. The van der Waals surface area contributed by atoms with Crippen molar-refractivity contribution in [3.63, 3.8) is 0 Å². The molecule has 0 aliphatic rings. The Hall–Kier alpha value is -2.18. The highest BCUT2D eigenvalue weighted by Gasteiger charge is 2.12. The van der Waals surface area contributed by atoms with Crippen LogP contribution in [0.1, 0.15) is 12.6 Å². The van der Waals surface area contributed by atoms with Gasteiger partial charge in [-0.05, 0) is 13.8 Å². The molecule has 2 aromatic heterocycles. The fourth-order valence-electron chi connectivity index (χ4n) is 1.54. The molecule has 0 fully saturated rings. The second-order valence-electron chi connectivity index (χ2n) is 3.38. The smallest absolute Gasteiger partial charge is 0.265 e. The third-order valence-corrected chi connectivity index (χ3v) is 2.29. The predicted octanol–water partition coefficient (Wildman–Crippen LogP) is -0.610. The van der Waals surface area contributed by atoms with E-state index < -0.39 is 11.0 Å². The molecule has 84 valence electrons. The number of hydrogen-bond donors (Lipinski definition) is 2. The molecule has 0 aliphatic heterocycles. The minimum Gasteiger partial charge on any atom is -0.369 e. The molecule has 0 aromatic carbocycles. The Morgan fingerprint density at radius 3 is 2.75 bits per heavy atom. The van der Waals surface area contributed by atoms with E-state index >= 15 is 0 Å². The first-order valence-corrected chi connectivity index (χ1v) is 4.81. The minimum atomic E-state index is -0.528. The normalized spacial score (nSPS) is 10.9. The third kappa shape index (κ3) is 1.37. The van der Waals surface area contributed by atoms with Crippen LogP contribution in [0.4, 0.5) is 5.95 Å². The molecule has 0 amide bonds. The molecule has 7 nitrogen and oxygen atoms in total. The molecule has 0 unspecified atom stereocenters. The predicted molar refractivity (Wildman–Crippen MR) is 59.2 cm³/mol. The maximum Gasteiger partial charge on any atom is 0.265 e. The summed E-state index contributed by atoms with van der Waals surface area (Å²) in [6.07, 6.45) is 0. The molecule has 0 spiro atoms. The maximum atomic E-state index is 11.8. The zero-order valence-corrected chi connectivity index (χ0v) is 8.94. The maximum absolute atomic E-state index is 11.8. The Bertz CT molecular complexity index is 670. The Balaban J connectivity index is 3.11. The highest BCUT2D eigenvalue weighted by atomic mass is 16.1. The second-order valence-corrected chi connectivity index (χ2v) is 3.38. The molecule has 0 saturated heterocycles. The summed E-state index contributed by atoms with van der Waals surface area (Å²) in [7, 11) is 0. The number of nitrogen functional groups attached to an aromatic ring is 1. The number of nitrogens with zero attached hydrogens (tertiary/aromatic N) is 3. The molecule has 0 bridgehead atoms. The summed E-state index contributed by atoms with van der Waals surface area (Å²) in [6, 6.07) is 0. The molecule has 7 heteroatoms. The number of rotatable bonds is 1. The summed E-state index contributed by atoms with van der Waals surface area (Å²) >= 11 is 0. The first kappa shape index (κ1) is 10.3. The molecule has 0 aliphatic carbocycles. The second kappa shape index (κ2) is 3.44. The number of anilines is 1. The lowest BCUT2D eigenvalue weighted by Crippen LogP contribution is -2.25. The van der Waals surface area contributed by atoms with Gasteiger partial charge in [-0.1, -0.05) is 0 Å². The summed E-state index contributed by atoms with van der Waals surface area (Å²) < 4.78 is 1.48. The van der Waals surface area contributed by atoms with Crippen LogP contribution < -0.4 is 16.7 Å². The van der Waals surface area contributed by atoms with E-state index in [1.807, 2.05) is 6.92 Å². The van der Waals surface area contributed by atoms with Crippen molar-refractivity contribution in [1.82, 2.24) is 19.7 Å². The van der Waals surface area contributed by atoms with Gasteiger partial charge in [-0.3, -0.25) is 14.6 Å². The Morgan fingerprint density at radius 2 is 2.12 bits per heavy atom. The number of nitrogens with one attached hydrogen (secondary N) is 1. The van der Waals surface area contributed by atoms with Gasteiger partial charge in [-0.25, -0.2) is 4.68 Å². The van der Waals surface area contributed by atoms with Gasteiger partial charge in [-0.15, -0.1) is 0 Å². The average Bonchev–Trinajstić information content (AvgIpc) is 2.22. The van der Waals surface area contributed by atoms with E-state index in [0.717, 1.165) is 0 Å². The first-order valence-electron chi connectivity index (χ1n) is 4.81. The van der Waals surface area contributed by atoms with E-state index in [9.17, 15) is 9.59 Å². The molecular formula is C9H11N5O2. The van der Waals surface area contributed by atoms with Crippen molar-refractivity contribution in [3.8, 4) is 0 Å². The summed E-state index contributed by atoms with van der Waals surface area (Å²) in [6.45, 7) is 3.91. The lowest BCUT2D eigenvalue weighted by atomic mass is 10.3. The fourth-order valence-corrected chi connectivity index (χ4v) is 1.54. The van der Waals surface area contributed by atoms with Gasteiger partial charge in [0, 0.05) is 6.54 Å². The van der Waals surface area contributed by atoms with Crippen LogP contribution in [-0.2, 0) is 6.54 Å². The molecule has 0 atom stereocenters. The minimum absolute atomic E-state index is 0.00329. The van der Waals surface area contributed by atoms with Crippen molar-refractivity contribution < 1.29 is 0 Å². The van der Waals surface area contributed by atoms with Crippen LogP contribution in [0.25, 0.3) is 11.0 Å². The molecule has 2 rings (SSSR count).